The van der Waals surface area contributed by atoms with E-state index in [0.717, 1.165) is 15.7 Å². The summed E-state index contributed by atoms with van der Waals surface area (Å²) in [6.45, 7) is 0. The van der Waals surface area contributed by atoms with Crippen molar-refractivity contribution in [3.63, 3.8) is 0 Å². The zero-order chi connectivity index (χ0) is 18.1. The summed E-state index contributed by atoms with van der Waals surface area (Å²) in [6, 6.07) is 4.91. The van der Waals surface area contributed by atoms with Gasteiger partial charge in [-0.25, -0.2) is 4.79 Å². The van der Waals surface area contributed by atoms with Gasteiger partial charge in [0.05, 0.1) is 30.5 Å². The predicted molar refractivity (Wildman–Crippen MR) is 97.9 cm³/mol. The second-order valence-corrected chi connectivity index (χ2v) is 6.78. The number of aliphatic hydroxyl groups excluding tert-OH is 1. The first kappa shape index (κ1) is 17.9. The Hall–Kier alpha value is -1.89. The number of carbonyl (C=O) groups is 1. The zero-order valence-electron chi connectivity index (χ0n) is 13.5. The molecule has 0 bridgehead atoms. The van der Waals surface area contributed by atoms with Gasteiger partial charge in [0.2, 0.25) is 0 Å². The number of hydrogen-bond donors (Lipinski definition) is 1. The van der Waals surface area contributed by atoms with Crippen molar-refractivity contribution >= 4 is 39.1 Å². The fraction of sp³-hybridized carbons (Fsp3) is 0.222. The van der Waals surface area contributed by atoms with Crippen LogP contribution < -0.4 is 4.74 Å². The lowest BCUT2D eigenvalue weighted by Gasteiger charge is -2.18. The standard InChI is InChI=1S/C18H15BrClNO4/c1-24-15-6-9(18(23)25-2)5-13(16(15)20)17(22)11-3-4-14-12(11)7-10(19)8-21-14/h3,5-8,17,22H,4H2,1-2H3. The number of halogens is 2. The molecule has 0 radical (unpaired) electrons. The van der Waals surface area contributed by atoms with Crippen LogP contribution >= 0.6 is 27.5 Å². The van der Waals surface area contributed by atoms with Crippen molar-refractivity contribution in [3.8, 4) is 5.75 Å². The number of pyridine rings is 1. The Labute approximate surface area is 158 Å². The van der Waals surface area contributed by atoms with Gasteiger partial charge in [-0.2, -0.15) is 0 Å². The van der Waals surface area contributed by atoms with Gasteiger partial charge in [0.1, 0.15) is 11.9 Å². The van der Waals surface area contributed by atoms with Crippen LogP contribution in [0.2, 0.25) is 5.02 Å². The molecule has 5 nitrogen and oxygen atoms in total. The number of ether oxygens (including phenoxy) is 2. The largest absolute Gasteiger partial charge is 0.495 e. The number of aromatic nitrogens is 1. The topological polar surface area (TPSA) is 68.7 Å². The predicted octanol–water partition coefficient (Wildman–Crippen LogP) is 3.97. The minimum absolute atomic E-state index is 0.250. The van der Waals surface area contributed by atoms with E-state index >= 15 is 0 Å². The molecule has 7 heteroatoms. The average Bonchev–Trinajstić information content (AvgIpc) is 3.03. The number of aliphatic hydroxyl groups is 1. The first-order valence-electron chi connectivity index (χ1n) is 7.45. The number of allylic oxidation sites excluding steroid dienone is 1. The number of esters is 1. The molecule has 1 N–H and O–H groups in total. The first-order valence-corrected chi connectivity index (χ1v) is 8.62. The van der Waals surface area contributed by atoms with Gasteiger partial charge in [0.25, 0.3) is 0 Å². The molecule has 3 rings (SSSR count). The molecule has 1 heterocycles. The summed E-state index contributed by atoms with van der Waals surface area (Å²) in [5.74, 6) is -0.238. The Morgan fingerprint density at radius 3 is 2.80 bits per heavy atom. The fourth-order valence-electron chi connectivity index (χ4n) is 2.83. The molecule has 1 aromatic carbocycles. The van der Waals surface area contributed by atoms with Crippen molar-refractivity contribution in [1.82, 2.24) is 4.98 Å². The number of fused-ring (bicyclic) bond motifs is 1. The van der Waals surface area contributed by atoms with E-state index in [-0.39, 0.29) is 10.6 Å². The van der Waals surface area contributed by atoms with Gasteiger partial charge >= 0.3 is 5.97 Å². The Morgan fingerprint density at radius 1 is 1.36 bits per heavy atom. The van der Waals surface area contributed by atoms with E-state index in [1.165, 1.54) is 26.4 Å². The third kappa shape index (κ3) is 3.29. The number of nitrogens with zero attached hydrogens (tertiary/aromatic N) is 1. The summed E-state index contributed by atoms with van der Waals surface area (Å²) in [5.41, 5.74) is 3.05. The molecule has 1 aromatic heterocycles. The van der Waals surface area contributed by atoms with E-state index in [2.05, 4.69) is 20.9 Å². The molecule has 0 saturated heterocycles. The van der Waals surface area contributed by atoms with Crippen LogP contribution in [0.4, 0.5) is 0 Å². The minimum atomic E-state index is -1.02. The highest BCUT2D eigenvalue weighted by atomic mass is 79.9. The Morgan fingerprint density at radius 2 is 2.12 bits per heavy atom. The third-order valence-electron chi connectivity index (χ3n) is 4.06. The summed E-state index contributed by atoms with van der Waals surface area (Å²) in [4.78, 5) is 16.3. The molecule has 2 aromatic rings. The van der Waals surface area contributed by atoms with E-state index in [0.29, 0.717) is 23.3 Å². The fourth-order valence-corrected chi connectivity index (χ4v) is 3.45. The van der Waals surface area contributed by atoms with Crippen molar-refractivity contribution in [2.75, 3.05) is 14.2 Å². The lowest BCUT2D eigenvalue weighted by molar-refractivity contribution is 0.0600. The summed E-state index contributed by atoms with van der Waals surface area (Å²) < 4.78 is 10.8. The van der Waals surface area contributed by atoms with Crippen LogP contribution in [0.3, 0.4) is 0 Å². The number of methoxy groups -OCH3 is 2. The second-order valence-electron chi connectivity index (χ2n) is 5.49. The van der Waals surface area contributed by atoms with E-state index in [1.54, 1.807) is 6.20 Å². The first-order chi connectivity index (χ1) is 12.0. The van der Waals surface area contributed by atoms with Gasteiger partial charge in [-0.05, 0) is 39.7 Å². The van der Waals surface area contributed by atoms with Crippen LogP contribution in [0.15, 0.2) is 34.9 Å². The minimum Gasteiger partial charge on any atom is -0.495 e. The maximum Gasteiger partial charge on any atom is 0.337 e. The van der Waals surface area contributed by atoms with Crippen molar-refractivity contribution < 1.29 is 19.4 Å². The highest BCUT2D eigenvalue weighted by Crippen LogP contribution is 2.42. The zero-order valence-corrected chi connectivity index (χ0v) is 15.9. The maximum atomic E-state index is 11.9. The van der Waals surface area contributed by atoms with Crippen LogP contribution in [0.1, 0.15) is 33.3 Å². The molecule has 0 fully saturated rings. The van der Waals surface area contributed by atoms with E-state index in [9.17, 15) is 9.90 Å². The molecule has 1 atom stereocenters. The summed E-state index contributed by atoms with van der Waals surface area (Å²) >= 11 is 9.77. The van der Waals surface area contributed by atoms with Crippen molar-refractivity contribution in [2.45, 2.75) is 12.5 Å². The van der Waals surface area contributed by atoms with Gasteiger partial charge in [-0.1, -0.05) is 17.7 Å². The summed E-state index contributed by atoms with van der Waals surface area (Å²) in [7, 11) is 2.74. The second kappa shape index (κ2) is 7.15. The molecule has 1 unspecified atom stereocenters. The Kier molecular flexibility index (Phi) is 5.13. The molecular weight excluding hydrogens is 410 g/mol. The molecule has 0 spiro atoms. The lowest BCUT2D eigenvalue weighted by atomic mass is 9.96. The normalized spacial score (nSPS) is 13.9. The Balaban J connectivity index is 2.08. The van der Waals surface area contributed by atoms with Gasteiger partial charge in [0.15, 0.2) is 0 Å². The lowest BCUT2D eigenvalue weighted by Crippen LogP contribution is -2.07. The molecular formula is C18H15BrClNO4. The monoisotopic (exact) mass is 423 g/mol. The van der Waals surface area contributed by atoms with Gasteiger partial charge < -0.3 is 14.6 Å². The molecule has 0 saturated carbocycles. The highest BCUT2D eigenvalue weighted by Gasteiger charge is 2.27. The number of carbonyl (C=O) groups excluding carboxylic acids is 1. The van der Waals surface area contributed by atoms with Crippen LogP contribution in [0.5, 0.6) is 5.75 Å². The van der Waals surface area contributed by atoms with Crippen LogP contribution in [0, 0.1) is 0 Å². The summed E-state index contributed by atoms with van der Waals surface area (Å²) in [5, 5.41) is 11.2. The Bertz CT molecular complexity index is 882. The SMILES string of the molecule is COC(=O)c1cc(OC)c(Cl)c(C(O)C2=CCc3ncc(Br)cc32)c1. The molecule has 0 amide bonds. The van der Waals surface area contributed by atoms with Crippen LogP contribution in [0.25, 0.3) is 5.57 Å². The van der Waals surface area contributed by atoms with Gasteiger partial charge in [0, 0.05) is 28.2 Å². The molecule has 1 aliphatic carbocycles. The molecule has 25 heavy (non-hydrogen) atoms. The van der Waals surface area contributed by atoms with Crippen LogP contribution in [-0.2, 0) is 11.2 Å². The average molecular weight is 425 g/mol. The molecule has 0 aliphatic heterocycles. The van der Waals surface area contributed by atoms with E-state index in [4.69, 9.17) is 21.1 Å². The van der Waals surface area contributed by atoms with Gasteiger partial charge in [-0.15, -0.1) is 0 Å². The summed E-state index contributed by atoms with van der Waals surface area (Å²) in [6.07, 6.45) is 3.22. The number of rotatable bonds is 4. The highest BCUT2D eigenvalue weighted by molar-refractivity contribution is 9.10. The van der Waals surface area contributed by atoms with Crippen molar-refractivity contribution in [1.29, 1.82) is 0 Å². The molecule has 130 valence electrons. The third-order valence-corrected chi connectivity index (χ3v) is 4.90. The smallest absolute Gasteiger partial charge is 0.337 e. The van der Waals surface area contributed by atoms with Crippen molar-refractivity contribution in [3.05, 3.63) is 62.4 Å². The van der Waals surface area contributed by atoms with Gasteiger partial charge in [-0.3, -0.25) is 4.98 Å². The number of hydrogen-bond acceptors (Lipinski definition) is 5. The van der Waals surface area contributed by atoms with E-state index in [1.807, 2.05) is 12.1 Å². The quantitative estimate of drug-likeness (QED) is 0.752. The molecule has 1 aliphatic rings. The van der Waals surface area contributed by atoms with E-state index < -0.39 is 12.1 Å². The van der Waals surface area contributed by atoms with Crippen LogP contribution in [-0.4, -0.2) is 30.3 Å². The maximum absolute atomic E-state index is 11.9. The van der Waals surface area contributed by atoms with Crippen molar-refractivity contribution in [2.24, 2.45) is 0 Å². The number of benzene rings is 1.